The molecule has 0 aliphatic rings. The number of carboxylic acids is 1. The SMILES string of the molecule is CC(=O)Nc1cnn(CCC(=O)O)c1. The third kappa shape index (κ3) is 3.26. The van der Waals surface area contributed by atoms with Crippen LogP contribution in [0.25, 0.3) is 0 Å². The van der Waals surface area contributed by atoms with Gasteiger partial charge in [-0.15, -0.1) is 0 Å². The van der Waals surface area contributed by atoms with Gasteiger partial charge in [0.05, 0.1) is 24.8 Å². The summed E-state index contributed by atoms with van der Waals surface area (Å²) >= 11 is 0. The average molecular weight is 197 g/mol. The van der Waals surface area contributed by atoms with Crippen LogP contribution in [0.1, 0.15) is 13.3 Å². The van der Waals surface area contributed by atoms with Crippen LogP contribution in [-0.2, 0) is 16.1 Å². The van der Waals surface area contributed by atoms with Crippen molar-refractivity contribution < 1.29 is 14.7 Å². The van der Waals surface area contributed by atoms with Crippen molar-refractivity contribution in [2.45, 2.75) is 19.9 Å². The molecular weight excluding hydrogens is 186 g/mol. The number of carbonyl (C=O) groups is 2. The summed E-state index contributed by atoms with van der Waals surface area (Å²) in [6.45, 7) is 1.70. The lowest BCUT2D eigenvalue weighted by molar-refractivity contribution is -0.137. The van der Waals surface area contributed by atoms with Crippen LogP contribution >= 0.6 is 0 Å². The Morgan fingerprint density at radius 1 is 1.64 bits per heavy atom. The van der Waals surface area contributed by atoms with Gasteiger partial charge in [0.15, 0.2) is 0 Å². The zero-order chi connectivity index (χ0) is 10.6. The van der Waals surface area contributed by atoms with Crippen molar-refractivity contribution in [3.8, 4) is 0 Å². The molecule has 2 N–H and O–H groups in total. The molecule has 1 heterocycles. The van der Waals surface area contributed by atoms with Crippen molar-refractivity contribution in [2.24, 2.45) is 0 Å². The van der Waals surface area contributed by atoms with Gasteiger partial charge in [0.2, 0.25) is 5.91 Å². The number of amides is 1. The average Bonchev–Trinajstić information content (AvgIpc) is 2.47. The van der Waals surface area contributed by atoms with Crippen LogP contribution in [0.4, 0.5) is 5.69 Å². The molecule has 0 saturated carbocycles. The van der Waals surface area contributed by atoms with Gasteiger partial charge >= 0.3 is 5.97 Å². The highest BCUT2D eigenvalue weighted by Crippen LogP contribution is 2.04. The summed E-state index contributed by atoms with van der Waals surface area (Å²) in [5, 5.41) is 14.8. The van der Waals surface area contributed by atoms with Crippen LogP contribution in [0, 0.1) is 0 Å². The molecule has 0 unspecified atom stereocenters. The molecule has 0 fully saturated rings. The summed E-state index contributed by atoms with van der Waals surface area (Å²) in [6.07, 6.45) is 3.08. The quantitative estimate of drug-likeness (QED) is 0.727. The van der Waals surface area contributed by atoms with Crippen molar-refractivity contribution in [1.82, 2.24) is 9.78 Å². The number of aryl methyl sites for hydroxylation is 1. The Hall–Kier alpha value is -1.85. The minimum atomic E-state index is -0.874. The summed E-state index contributed by atoms with van der Waals surface area (Å²) in [5.41, 5.74) is 0.572. The van der Waals surface area contributed by atoms with Crippen molar-refractivity contribution in [1.29, 1.82) is 0 Å². The minimum absolute atomic E-state index is 0.0151. The molecule has 1 aromatic heterocycles. The highest BCUT2D eigenvalue weighted by Gasteiger charge is 2.01. The molecule has 0 spiro atoms. The van der Waals surface area contributed by atoms with Gasteiger partial charge in [-0.25, -0.2) is 0 Å². The van der Waals surface area contributed by atoms with E-state index in [4.69, 9.17) is 5.11 Å². The van der Waals surface area contributed by atoms with Crippen LogP contribution in [0.3, 0.4) is 0 Å². The van der Waals surface area contributed by atoms with Gasteiger partial charge in [0.1, 0.15) is 0 Å². The Morgan fingerprint density at radius 2 is 2.36 bits per heavy atom. The summed E-state index contributed by atoms with van der Waals surface area (Å²) in [4.78, 5) is 20.9. The van der Waals surface area contributed by atoms with Crippen LogP contribution < -0.4 is 5.32 Å². The van der Waals surface area contributed by atoms with E-state index in [2.05, 4.69) is 10.4 Å². The molecule has 6 nitrogen and oxygen atoms in total. The maximum Gasteiger partial charge on any atom is 0.305 e. The third-order valence-electron chi connectivity index (χ3n) is 1.51. The number of hydrogen-bond donors (Lipinski definition) is 2. The van der Waals surface area contributed by atoms with E-state index in [1.165, 1.54) is 17.8 Å². The monoisotopic (exact) mass is 197 g/mol. The standard InChI is InChI=1S/C8H11N3O3/c1-6(12)10-7-4-9-11(5-7)3-2-8(13)14/h4-5H,2-3H2,1H3,(H,10,12)(H,13,14). The van der Waals surface area contributed by atoms with E-state index in [0.717, 1.165) is 0 Å². The predicted molar refractivity (Wildman–Crippen MR) is 48.8 cm³/mol. The highest BCUT2D eigenvalue weighted by atomic mass is 16.4. The molecule has 0 aliphatic carbocycles. The lowest BCUT2D eigenvalue weighted by Gasteiger charge is -1.97. The van der Waals surface area contributed by atoms with E-state index in [0.29, 0.717) is 12.2 Å². The molecule has 0 aliphatic heterocycles. The van der Waals surface area contributed by atoms with E-state index in [9.17, 15) is 9.59 Å². The molecule has 1 rings (SSSR count). The van der Waals surface area contributed by atoms with E-state index in [-0.39, 0.29) is 12.3 Å². The van der Waals surface area contributed by atoms with Crippen LogP contribution in [0.5, 0.6) is 0 Å². The fourth-order valence-corrected chi connectivity index (χ4v) is 0.964. The molecular formula is C8H11N3O3. The zero-order valence-corrected chi connectivity index (χ0v) is 7.73. The van der Waals surface area contributed by atoms with Gasteiger partial charge in [-0.3, -0.25) is 14.3 Å². The number of nitrogens with zero attached hydrogens (tertiary/aromatic N) is 2. The van der Waals surface area contributed by atoms with Crippen molar-refractivity contribution in [2.75, 3.05) is 5.32 Å². The first-order valence-corrected chi connectivity index (χ1v) is 4.10. The molecule has 0 bridgehead atoms. The Kier molecular flexibility index (Phi) is 3.22. The van der Waals surface area contributed by atoms with Crippen molar-refractivity contribution in [3.63, 3.8) is 0 Å². The second-order valence-electron chi connectivity index (χ2n) is 2.82. The van der Waals surface area contributed by atoms with Crippen molar-refractivity contribution in [3.05, 3.63) is 12.4 Å². The van der Waals surface area contributed by atoms with Gasteiger partial charge in [-0.2, -0.15) is 5.10 Å². The molecule has 0 aromatic carbocycles. The number of aliphatic carboxylic acids is 1. The number of carboxylic acid groups (broad SMARTS) is 1. The molecule has 1 amide bonds. The van der Waals surface area contributed by atoms with Gasteiger partial charge in [0, 0.05) is 13.1 Å². The maximum absolute atomic E-state index is 10.6. The fraction of sp³-hybridized carbons (Fsp3) is 0.375. The number of nitrogens with one attached hydrogen (secondary N) is 1. The Bertz CT molecular complexity index is 345. The Morgan fingerprint density at radius 3 is 2.93 bits per heavy atom. The van der Waals surface area contributed by atoms with E-state index >= 15 is 0 Å². The molecule has 14 heavy (non-hydrogen) atoms. The normalized spacial score (nSPS) is 9.79. The first kappa shape index (κ1) is 10.2. The molecule has 0 atom stereocenters. The largest absolute Gasteiger partial charge is 0.481 e. The summed E-state index contributed by atoms with van der Waals surface area (Å²) < 4.78 is 1.47. The zero-order valence-electron chi connectivity index (χ0n) is 7.73. The van der Waals surface area contributed by atoms with Crippen molar-refractivity contribution >= 4 is 17.6 Å². The van der Waals surface area contributed by atoms with Crippen LogP contribution in [0.2, 0.25) is 0 Å². The summed E-state index contributed by atoms with van der Waals surface area (Å²) in [6, 6.07) is 0. The molecule has 1 aromatic rings. The van der Waals surface area contributed by atoms with Gasteiger partial charge in [0.25, 0.3) is 0 Å². The number of aromatic nitrogens is 2. The topological polar surface area (TPSA) is 84.2 Å². The molecule has 0 radical (unpaired) electrons. The maximum atomic E-state index is 10.6. The number of carbonyl (C=O) groups excluding carboxylic acids is 1. The highest BCUT2D eigenvalue weighted by molar-refractivity contribution is 5.88. The second-order valence-corrected chi connectivity index (χ2v) is 2.82. The lowest BCUT2D eigenvalue weighted by atomic mass is 10.4. The summed E-state index contributed by atoms with van der Waals surface area (Å²) in [7, 11) is 0. The Labute approximate surface area is 80.5 Å². The smallest absolute Gasteiger partial charge is 0.305 e. The Balaban J connectivity index is 2.50. The number of anilines is 1. The van der Waals surface area contributed by atoms with Crippen LogP contribution in [-0.4, -0.2) is 26.8 Å². The van der Waals surface area contributed by atoms with E-state index in [1.807, 2.05) is 0 Å². The fourth-order valence-electron chi connectivity index (χ4n) is 0.964. The molecule has 76 valence electrons. The number of hydrogen-bond acceptors (Lipinski definition) is 3. The van der Waals surface area contributed by atoms with Gasteiger partial charge in [-0.1, -0.05) is 0 Å². The third-order valence-corrected chi connectivity index (χ3v) is 1.51. The first-order chi connectivity index (χ1) is 6.58. The summed E-state index contributed by atoms with van der Waals surface area (Å²) in [5.74, 6) is -1.05. The molecule has 0 saturated heterocycles. The molecule has 6 heteroatoms. The number of rotatable bonds is 4. The first-order valence-electron chi connectivity index (χ1n) is 4.10. The van der Waals surface area contributed by atoms with Gasteiger partial charge < -0.3 is 10.4 Å². The predicted octanol–water partition coefficient (Wildman–Crippen LogP) is 0.316. The lowest BCUT2D eigenvalue weighted by Crippen LogP contribution is -2.06. The second kappa shape index (κ2) is 4.40. The van der Waals surface area contributed by atoms with E-state index in [1.54, 1.807) is 6.20 Å². The van der Waals surface area contributed by atoms with E-state index < -0.39 is 5.97 Å². The van der Waals surface area contributed by atoms with Gasteiger partial charge in [-0.05, 0) is 0 Å². The minimum Gasteiger partial charge on any atom is -0.481 e. The van der Waals surface area contributed by atoms with Crippen LogP contribution in [0.15, 0.2) is 12.4 Å².